The highest BCUT2D eigenvalue weighted by Gasteiger charge is 1.97. The van der Waals surface area contributed by atoms with E-state index < -0.39 is 0 Å². The van der Waals surface area contributed by atoms with Crippen LogP contribution in [0.3, 0.4) is 0 Å². The summed E-state index contributed by atoms with van der Waals surface area (Å²) in [7, 11) is 0. The van der Waals surface area contributed by atoms with Gasteiger partial charge in [0, 0.05) is 22.3 Å². The Kier molecular flexibility index (Phi) is 5.89. The third kappa shape index (κ3) is 5.29. The van der Waals surface area contributed by atoms with Crippen LogP contribution < -0.4 is 5.32 Å². The van der Waals surface area contributed by atoms with E-state index in [4.69, 9.17) is 23.2 Å². The molecule has 0 radical (unpaired) electrons. The van der Waals surface area contributed by atoms with E-state index in [2.05, 4.69) is 12.2 Å². The first kappa shape index (κ1) is 12.7. The Morgan fingerprint density at radius 3 is 2.27 bits per heavy atom. The van der Waals surface area contributed by atoms with Gasteiger partial charge in [0.25, 0.3) is 0 Å². The Balaban J connectivity index is 2.31. The van der Waals surface area contributed by atoms with E-state index in [1.54, 1.807) is 6.07 Å². The first-order valence-corrected chi connectivity index (χ1v) is 6.18. The van der Waals surface area contributed by atoms with Crippen molar-refractivity contribution < 1.29 is 0 Å². The molecular weight excluding hydrogens is 229 g/mol. The lowest BCUT2D eigenvalue weighted by Gasteiger charge is -2.06. The molecule has 3 heteroatoms. The molecule has 0 aromatic heterocycles. The zero-order valence-electron chi connectivity index (χ0n) is 9.02. The number of unbranched alkanes of at least 4 members (excludes halogenated alkanes) is 3. The average molecular weight is 246 g/mol. The highest BCUT2D eigenvalue weighted by atomic mass is 35.5. The molecule has 1 aromatic rings. The molecule has 1 nitrogen and oxygen atoms in total. The normalized spacial score (nSPS) is 10.3. The fourth-order valence-electron chi connectivity index (χ4n) is 1.44. The van der Waals surface area contributed by atoms with Crippen molar-refractivity contribution in [2.75, 3.05) is 11.9 Å². The molecule has 0 bridgehead atoms. The summed E-state index contributed by atoms with van der Waals surface area (Å²) in [5, 5.41) is 4.67. The number of rotatable bonds is 6. The van der Waals surface area contributed by atoms with Crippen LogP contribution in [0.2, 0.25) is 10.0 Å². The summed E-state index contributed by atoms with van der Waals surface area (Å²) in [4.78, 5) is 0. The lowest BCUT2D eigenvalue weighted by atomic mass is 10.2. The van der Waals surface area contributed by atoms with Crippen LogP contribution in [-0.2, 0) is 0 Å². The van der Waals surface area contributed by atoms with Gasteiger partial charge in [-0.1, -0.05) is 49.4 Å². The van der Waals surface area contributed by atoms with Crippen LogP contribution in [0, 0.1) is 0 Å². The van der Waals surface area contributed by atoms with Gasteiger partial charge in [-0.25, -0.2) is 0 Å². The zero-order valence-corrected chi connectivity index (χ0v) is 10.5. The number of hydrogen-bond acceptors (Lipinski definition) is 1. The van der Waals surface area contributed by atoms with Crippen molar-refractivity contribution in [1.82, 2.24) is 0 Å². The van der Waals surface area contributed by atoms with Crippen LogP contribution in [0.5, 0.6) is 0 Å². The summed E-state index contributed by atoms with van der Waals surface area (Å²) in [5.74, 6) is 0. The molecule has 0 saturated heterocycles. The smallest absolute Gasteiger partial charge is 0.0441 e. The van der Waals surface area contributed by atoms with Gasteiger partial charge in [0.05, 0.1) is 0 Å². The lowest BCUT2D eigenvalue weighted by Crippen LogP contribution is -2.01. The Morgan fingerprint density at radius 1 is 1.00 bits per heavy atom. The minimum atomic E-state index is 0.679. The summed E-state index contributed by atoms with van der Waals surface area (Å²) in [6.07, 6.45) is 5.04. The van der Waals surface area contributed by atoms with Gasteiger partial charge in [-0.15, -0.1) is 0 Å². The molecule has 0 amide bonds. The minimum Gasteiger partial charge on any atom is -0.385 e. The molecule has 0 unspecified atom stereocenters. The summed E-state index contributed by atoms with van der Waals surface area (Å²) in [6, 6.07) is 5.53. The molecule has 1 N–H and O–H groups in total. The van der Waals surface area contributed by atoms with Gasteiger partial charge in [0.1, 0.15) is 0 Å². The predicted molar refractivity (Wildman–Crippen MR) is 69.1 cm³/mol. The summed E-state index contributed by atoms with van der Waals surface area (Å²) >= 11 is 11.8. The quantitative estimate of drug-likeness (QED) is 0.697. The van der Waals surface area contributed by atoms with Gasteiger partial charge in [-0.05, 0) is 24.6 Å². The van der Waals surface area contributed by atoms with Gasteiger partial charge in [0.15, 0.2) is 0 Å². The first-order valence-electron chi connectivity index (χ1n) is 5.42. The molecule has 0 aliphatic rings. The Morgan fingerprint density at radius 2 is 1.67 bits per heavy atom. The van der Waals surface area contributed by atoms with E-state index in [-0.39, 0.29) is 0 Å². The number of benzene rings is 1. The van der Waals surface area contributed by atoms with Crippen LogP contribution in [0.1, 0.15) is 32.6 Å². The van der Waals surface area contributed by atoms with Crippen molar-refractivity contribution in [3.05, 3.63) is 28.2 Å². The average Bonchev–Trinajstić information content (AvgIpc) is 2.16. The highest BCUT2D eigenvalue weighted by molar-refractivity contribution is 6.35. The molecule has 15 heavy (non-hydrogen) atoms. The molecule has 1 rings (SSSR count). The van der Waals surface area contributed by atoms with Crippen LogP contribution in [0.4, 0.5) is 5.69 Å². The molecule has 0 spiro atoms. The molecule has 1 aromatic carbocycles. The third-order valence-electron chi connectivity index (χ3n) is 2.22. The fourth-order valence-corrected chi connectivity index (χ4v) is 1.97. The monoisotopic (exact) mass is 245 g/mol. The van der Waals surface area contributed by atoms with Crippen LogP contribution in [0.15, 0.2) is 18.2 Å². The Labute approximate surface area is 102 Å². The van der Waals surface area contributed by atoms with Gasteiger partial charge in [-0.2, -0.15) is 0 Å². The molecule has 0 aliphatic carbocycles. The van der Waals surface area contributed by atoms with Crippen molar-refractivity contribution in [2.45, 2.75) is 32.6 Å². The fraction of sp³-hybridized carbons (Fsp3) is 0.500. The SMILES string of the molecule is CCCCCCNc1cc(Cl)cc(Cl)c1. The number of hydrogen-bond donors (Lipinski definition) is 1. The van der Waals surface area contributed by atoms with E-state index >= 15 is 0 Å². The van der Waals surface area contributed by atoms with Crippen molar-refractivity contribution in [1.29, 1.82) is 0 Å². The molecule has 0 heterocycles. The second-order valence-corrected chi connectivity index (χ2v) is 4.52. The molecule has 0 saturated carbocycles. The second kappa shape index (κ2) is 6.97. The van der Waals surface area contributed by atoms with E-state index in [0.717, 1.165) is 12.2 Å². The van der Waals surface area contributed by atoms with E-state index in [0.29, 0.717) is 10.0 Å². The Bertz CT molecular complexity index is 279. The van der Waals surface area contributed by atoms with Crippen molar-refractivity contribution in [3.8, 4) is 0 Å². The van der Waals surface area contributed by atoms with E-state index in [1.165, 1.54) is 25.7 Å². The van der Waals surface area contributed by atoms with Crippen LogP contribution in [-0.4, -0.2) is 6.54 Å². The summed E-state index contributed by atoms with van der Waals surface area (Å²) < 4.78 is 0. The Hall–Kier alpha value is -0.400. The number of nitrogens with one attached hydrogen (secondary N) is 1. The van der Waals surface area contributed by atoms with Crippen LogP contribution in [0.25, 0.3) is 0 Å². The third-order valence-corrected chi connectivity index (χ3v) is 2.66. The minimum absolute atomic E-state index is 0.679. The maximum Gasteiger partial charge on any atom is 0.0441 e. The largest absolute Gasteiger partial charge is 0.385 e. The predicted octanol–water partition coefficient (Wildman–Crippen LogP) is 4.99. The maximum absolute atomic E-state index is 5.89. The molecule has 0 atom stereocenters. The number of halogens is 2. The molecular formula is C12H17Cl2N. The van der Waals surface area contributed by atoms with E-state index in [1.807, 2.05) is 12.1 Å². The summed E-state index contributed by atoms with van der Waals surface area (Å²) in [5.41, 5.74) is 1.00. The topological polar surface area (TPSA) is 12.0 Å². The van der Waals surface area contributed by atoms with Crippen molar-refractivity contribution in [3.63, 3.8) is 0 Å². The van der Waals surface area contributed by atoms with Gasteiger partial charge < -0.3 is 5.32 Å². The first-order chi connectivity index (χ1) is 7.22. The van der Waals surface area contributed by atoms with Crippen molar-refractivity contribution in [2.24, 2.45) is 0 Å². The standard InChI is InChI=1S/C12H17Cl2N/c1-2-3-4-5-6-15-12-8-10(13)7-11(14)9-12/h7-9,15H,2-6H2,1H3. The molecule has 0 fully saturated rings. The molecule has 84 valence electrons. The van der Waals surface area contributed by atoms with Crippen LogP contribution >= 0.6 is 23.2 Å². The molecule has 0 aliphatic heterocycles. The van der Waals surface area contributed by atoms with Gasteiger partial charge in [0.2, 0.25) is 0 Å². The highest BCUT2D eigenvalue weighted by Crippen LogP contribution is 2.22. The number of anilines is 1. The maximum atomic E-state index is 5.89. The second-order valence-electron chi connectivity index (χ2n) is 3.65. The lowest BCUT2D eigenvalue weighted by molar-refractivity contribution is 0.685. The zero-order chi connectivity index (χ0) is 11.1. The van der Waals surface area contributed by atoms with Gasteiger partial charge >= 0.3 is 0 Å². The summed E-state index contributed by atoms with van der Waals surface area (Å²) in [6.45, 7) is 3.20. The van der Waals surface area contributed by atoms with Crippen molar-refractivity contribution >= 4 is 28.9 Å². The van der Waals surface area contributed by atoms with E-state index in [9.17, 15) is 0 Å². The van der Waals surface area contributed by atoms with Gasteiger partial charge in [-0.3, -0.25) is 0 Å².